The maximum absolute atomic E-state index is 4.84. The van der Waals surface area contributed by atoms with Crippen molar-refractivity contribution in [3.63, 3.8) is 0 Å². The van der Waals surface area contributed by atoms with Crippen molar-refractivity contribution in [1.82, 2.24) is 14.2 Å². The largest absolute Gasteiger partial charge is 0.306 e. The van der Waals surface area contributed by atoms with Crippen LogP contribution in [0.3, 0.4) is 0 Å². The molecular weight excluding hydrogens is 462 g/mol. The van der Waals surface area contributed by atoms with Gasteiger partial charge in [-0.1, -0.05) is 97.1 Å². The Bertz CT molecular complexity index is 2020. The first kappa shape index (κ1) is 21.0. The first-order valence-electron chi connectivity index (χ1n) is 12.9. The summed E-state index contributed by atoms with van der Waals surface area (Å²) < 4.78 is 4.42. The summed E-state index contributed by atoms with van der Waals surface area (Å²) in [7, 11) is 0. The molecule has 0 aliphatic carbocycles. The number of aromatic nitrogens is 3. The molecule has 0 N–H and O–H groups in total. The second kappa shape index (κ2) is 8.19. The van der Waals surface area contributed by atoms with E-state index in [1.54, 1.807) is 0 Å². The van der Waals surface area contributed by atoms with Crippen LogP contribution in [0, 0.1) is 0 Å². The molecule has 8 rings (SSSR count). The molecule has 178 valence electrons. The van der Waals surface area contributed by atoms with Crippen molar-refractivity contribution in [3.8, 4) is 27.9 Å². The number of fused-ring (bicyclic) bond motifs is 6. The topological polar surface area (TPSA) is 22.2 Å². The summed E-state index contributed by atoms with van der Waals surface area (Å²) in [5, 5.41) is 8.49. The molecule has 5 aromatic carbocycles. The molecule has 0 fully saturated rings. The number of hydrogen-bond acceptors (Lipinski definition) is 1. The fourth-order valence-electron chi connectivity index (χ4n) is 5.76. The molecule has 0 spiro atoms. The lowest BCUT2D eigenvalue weighted by Crippen LogP contribution is -1.95. The number of rotatable bonds is 3. The standard InChI is InChI=1S/C35H23N3/c1-3-9-24(10-4-1)27-16-18-32-29(21-27)30-22-28(25-11-5-2-6-12-25)17-19-33(30)37(32)35-23-36-38-31-14-8-7-13-26(31)15-20-34(35)38/h1-23H. The van der Waals surface area contributed by atoms with Gasteiger partial charge >= 0.3 is 0 Å². The van der Waals surface area contributed by atoms with Gasteiger partial charge in [0.05, 0.1) is 34.0 Å². The summed E-state index contributed by atoms with van der Waals surface area (Å²) in [4.78, 5) is 0. The maximum atomic E-state index is 4.84. The van der Waals surface area contributed by atoms with E-state index in [1.165, 1.54) is 49.4 Å². The van der Waals surface area contributed by atoms with E-state index in [1.807, 2.05) is 6.20 Å². The van der Waals surface area contributed by atoms with Gasteiger partial charge in [-0.05, 0) is 58.7 Å². The molecule has 38 heavy (non-hydrogen) atoms. The smallest absolute Gasteiger partial charge is 0.0923 e. The summed E-state index contributed by atoms with van der Waals surface area (Å²) in [5.41, 5.74) is 10.5. The summed E-state index contributed by atoms with van der Waals surface area (Å²) in [5.74, 6) is 0. The van der Waals surface area contributed by atoms with Crippen molar-refractivity contribution in [2.24, 2.45) is 0 Å². The minimum Gasteiger partial charge on any atom is -0.306 e. The summed E-state index contributed by atoms with van der Waals surface area (Å²) in [6.07, 6.45) is 2.00. The fourth-order valence-corrected chi connectivity index (χ4v) is 5.76. The van der Waals surface area contributed by atoms with Crippen molar-refractivity contribution in [2.45, 2.75) is 0 Å². The number of para-hydroxylation sites is 1. The van der Waals surface area contributed by atoms with E-state index in [2.05, 4.69) is 143 Å². The van der Waals surface area contributed by atoms with Gasteiger partial charge in [-0.15, -0.1) is 0 Å². The predicted molar refractivity (Wildman–Crippen MR) is 158 cm³/mol. The van der Waals surface area contributed by atoms with Crippen molar-refractivity contribution < 1.29 is 0 Å². The van der Waals surface area contributed by atoms with E-state index in [0.717, 1.165) is 16.7 Å². The molecule has 0 bridgehead atoms. The SMILES string of the molecule is c1ccc(-c2ccc3c(c2)c2cc(-c4ccccc4)ccc2n3-c2cnn3c2ccc2ccccc23)cc1. The summed E-state index contributed by atoms with van der Waals surface area (Å²) in [6, 6.07) is 47.6. The Kier molecular flexibility index (Phi) is 4.52. The maximum Gasteiger partial charge on any atom is 0.0923 e. The number of nitrogens with zero attached hydrogens (tertiary/aromatic N) is 3. The van der Waals surface area contributed by atoms with E-state index in [-0.39, 0.29) is 0 Å². The van der Waals surface area contributed by atoms with Crippen LogP contribution in [0.5, 0.6) is 0 Å². The molecule has 0 saturated carbocycles. The van der Waals surface area contributed by atoms with Crippen LogP contribution in [0.15, 0.2) is 140 Å². The first-order valence-corrected chi connectivity index (χ1v) is 12.9. The number of pyridine rings is 1. The Morgan fingerprint density at radius 1 is 0.421 bits per heavy atom. The average molecular weight is 486 g/mol. The van der Waals surface area contributed by atoms with Crippen LogP contribution in [0.4, 0.5) is 0 Å². The zero-order valence-corrected chi connectivity index (χ0v) is 20.6. The van der Waals surface area contributed by atoms with Gasteiger partial charge in [-0.3, -0.25) is 0 Å². The summed E-state index contributed by atoms with van der Waals surface area (Å²) >= 11 is 0. The van der Waals surface area contributed by atoms with Crippen LogP contribution in [-0.4, -0.2) is 14.2 Å². The molecule has 8 aromatic rings. The highest BCUT2D eigenvalue weighted by Gasteiger charge is 2.18. The molecule has 3 heteroatoms. The minimum atomic E-state index is 1.08. The lowest BCUT2D eigenvalue weighted by molar-refractivity contribution is 1.00. The van der Waals surface area contributed by atoms with Crippen molar-refractivity contribution >= 4 is 38.2 Å². The van der Waals surface area contributed by atoms with E-state index < -0.39 is 0 Å². The minimum absolute atomic E-state index is 1.08. The van der Waals surface area contributed by atoms with Crippen LogP contribution in [0.1, 0.15) is 0 Å². The molecular formula is C35H23N3. The van der Waals surface area contributed by atoms with Gasteiger partial charge in [-0.25, -0.2) is 4.52 Å². The van der Waals surface area contributed by atoms with Gasteiger partial charge in [-0.2, -0.15) is 5.10 Å². The monoisotopic (exact) mass is 485 g/mol. The third-order valence-corrected chi connectivity index (χ3v) is 7.59. The molecule has 3 nitrogen and oxygen atoms in total. The van der Waals surface area contributed by atoms with Crippen LogP contribution in [0.25, 0.3) is 66.2 Å². The molecule has 0 saturated heterocycles. The quantitative estimate of drug-likeness (QED) is 0.245. The van der Waals surface area contributed by atoms with E-state index in [9.17, 15) is 0 Å². The van der Waals surface area contributed by atoms with Gasteiger partial charge < -0.3 is 4.57 Å². The lowest BCUT2D eigenvalue weighted by Gasteiger charge is -2.08. The van der Waals surface area contributed by atoms with Gasteiger partial charge in [0.2, 0.25) is 0 Å². The Labute approximate surface area is 219 Å². The molecule has 0 atom stereocenters. The van der Waals surface area contributed by atoms with Crippen molar-refractivity contribution in [1.29, 1.82) is 0 Å². The predicted octanol–water partition coefficient (Wildman–Crippen LogP) is 8.92. The third kappa shape index (κ3) is 3.12. The zero-order chi connectivity index (χ0) is 25.1. The van der Waals surface area contributed by atoms with E-state index in [4.69, 9.17) is 5.10 Å². The highest BCUT2D eigenvalue weighted by atomic mass is 15.2. The Balaban J connectivity index is 1.45. The Hall–Kier alpha value is -5.15. The van der Waals surface area contributed by atoms with Crippen LogP contribution < -0.4 is 0 Å². The van der Waals surface area contributed by atoms with Gasteiger partial charge in [0, 0.05) is 16.2 Å². The Morgan fingerprint density at radius 3 is 1.61 bits per heavy atom. The van der Waals surface area contributed by atoms with Gasteiger partial charge in [0.1, 0.15) is 0 Å². The average Bonchev–Trinajstić information content (AvgIpc) is 3.56. The molecule has 0 radical (unpaired) electrons. The highest BCUT2D eigenvalue weighted by Crippen LogP contribution is 2.38. The molecule has 0 aliphatic heterocycles. The molecule has 3 heterocycles. The highest BCUT2D eigenvalue weighted by molar-refractivity contribution is 6.12. The lowest BCUT2D eigenvalue weighted by atomic mass is 10.0. The van der Waals surface area contributed by atoms with Crippen LogP contribution >= 0.6 is 0 Å². The summed E-state index contributed by atoms with van der Waals surface area (Å²) in [6.45, 7) is 0. The van der Waals surface area contributed by atoms with Crippen molar-refractivity contribution in [2.75, 3.05) is 0 Å². The van der Waals surface area contributed by atoms with E-state index >= 15 is 0 Å². The van der Waals surface area contributed by atoms with Crippen LogP contribution in [-0.2, 0) is 0 Å². The van der Waals surface area contributed by atoms with Gasteiger partial charge in [0.25, 0.3) is 0 Å². The molecule has 0 amide bonds. The molecule has 3 aromatic heterocycles. The van der Waals surface area contributed by atoms with Crippen molar-refractivity contribution in [3.05, 3.63) is 140 Å². The van der Waals surface area contributed by atoms with Gasteiger partial charge in [0.15, 0.2) is 0 Å². The Morgan fingerprint density at radius 2 is 0.974 bits per heavy atom. The molecule has 0 aliphatic rings. The number of hydrogen-bond donors (Lipinski definition) is 0. The normalized spacial score (nSPS) is 11.7. The third-order valence-electron chi connectivity index (χ3n) is 7.59. The fraction of sp³-hybridized carbons (Fsp3) is 0. The van der Waals surface area contributed by atoms with Crippen LogP contribution in [0.2, 0.25) is 0 Å². The molecule has 0 unspecified atom stereocenters. The second-order valence-electron chi connectivity index (χ2n) is 9.75. The number of benzene rings is 5. The van der Waals surface area contributed by atoms with E-state index in [0.29, 0.717) is 0 Å². The zero-order valence-electron chi connectivity index (χ0n) is 20.6. The first-order chi connectivity index (χ1) is 18.8. The second-order valence-corrected chi connectivity index (χ2v) is 9.75.